The number of benzene rings is 2. The number of carbonyl (C=O) groups excluding carboxylic acids is 3. The van der Waals surface area contributed by atoms with Crippen LogP contribution in [0.15, 0.2) is 60.7 Å². The Labute approximate surface area is 196 Å². The molecular weight excluding hydrogens is 573 g/mol. The zero-order chi connectivity index (χ0) is 24.2. The maximum Gasteiger partial charge on any atom is 2.00 e. The van der Waals surface area contributed by atoms with E-state index in [1.54, 1.807) is 13.2 Å². The summed E-state index contributed by atoms with van der Waals surface area (Å²) >= 11 is 0. The van der Waals surface area contributed by atoms with Gasteiger partial charge in [-0.1, -0.05) is 60.7 Å². The standard InChI is InChI=1S/C14H14NOP.C5H7O2.F6P.Pd/c1-12(16)15-17(13-8-4-2-5-9-13)14-10-6-3-7-11-14;1-5(7)3-2-4-6;1-7(2,3,4,5)6;/h2-11H,1H3,(H,15,16);2-3H2,1H3;;/q;2*-1;+2. The average Bonchev–Trinajstić information content (AvgIpc) is 2.64. The largest absolute Gasteiger partial charge is 2.00 e. The van der Waals surface area contributed by atoms with E-state index in [2.05, 4.69) is 29.4 Å². The molecule has 1 amide bonds. The maximum absolute atomic E-state index is 11.3. The zero-order valence-electron chi connectivity index (χ0n) is 16.9. The molecule has 0 aromatic heterocycles. The van der Waals surface area contributed by atoms with Gasteiger partial charge in [0.05, 0.1) is 8.07 Å². The van der Waals surface area contributed by atoms with Crippen molar-refractivity contribution in [1.82, 2.24) is 5.09 Å². The van der Waals surface area contributed by atoms with Crippen molar-refractivity contribution in [2.75, 3.05) is 0 Å². The third-order valence-corrected chi connectivity index (χ3v) is 5.04. The molecule has 0 saturated heterocycles. The number of amides is 1. The van der Waals surface area contributed by atoms with Crippen LogP contribution in [-0.2, 0) is 34.8 Å². The fourth-order valence-corrected chi connectivity index (χ4v) is 3.63. The first-order valence-corrected chi connectivity index (χ1v) is 11.9. The average molecular weight is 594 g/mol. The van der Waals surface area contributed by atoms with Gasteiger partial charge in [-0.05, 0) is 13.3 Å². The van der Waals surface area contributed by atoms with Gasteiger partial charge in [-0.3, -0.25) is 11.1 Å². The minimum absolute atomic E-state index is 0. The minimum Gasteiger partial charge on any atom is 2.00 e. The topological polar surface area (TPSA) is 63.2 Å². The van der Waals surface area contributed by atoms with Gasteiger partial charge in [0, 0.05) is 17.5 Å². The van der Waals surface area contributed by atoms with Crippen molar-refractivity contribution in [2.24, 2.45) is 0 Å². The number of hydrogen-bond acceptors (Lipinski definition) is 3. The number of carbonyl (C=O) groups is 2. The van der Waals surface area contributed by atoms with Crippen molar-refractivity contribution in [3.05, 3.63) is 60.7 Å². The molecule has 2 aromatic carbocycles. The monoisotopic (exact) mass is 593 g/mol. The van der Waals surface area contributed by atoms with Crippen molar-refractivity contribution >= 4 is 44.5 Å². The predicted octanol–water partition coefficient (Wildman–Crippen LogP) is 6.02. The van der Waals surface area contributed by atoms with Gasteiger partial charge >= 0.3 is 53.4 Å². The van der Waals surface area contributed by atoms with E-state index in [-0.39, 0.29) is 38.5 Å². The first kappa shape index (κ1) is 32.5. The summed E-state index contributed by atoms with van der Waals surface area (Å²) in [5.41, 5.74) is 0. The number of Topliss-reactive ketones (excluding diaryl/α,β-unsaturated/α-hetero) is 1. The van der Waals surface area contributed by atoms with Crippen molar-refractivity contribution in [3.8, 4) is 0 Å². The molecule has 0 heterocycles. The fourth-order valence-electron chi connectivity index (χ4n) is 1.82. The predicted molar refractivity (Wildman–Crippen MR) is 112 cm³/mol. The summed E-state index contributed by atoms with van der Waals surface area (Å²) < 4.78 is 59.2. The van der Waals surface area contributed by atoms with Crippen molar-refractivity contribution < 1.29 is 60.0 Å². The van der Waals surface area contributed by atoms with E-state index in [1.807, 2.05) is 36.4 Å². The molecule has 0 radical (unpaired) electrons. The third-order valence-electron chi connectivity index (χ3n) is 2.88. The smallest absolute Gasteiger partial charge is 2.00 e. The number of ketones is 1. The molecule has 13 heteroatoms. The Kier molecular flexibility index (Phi) is 13.4. The van der Waals surface area contributed by atoms with Gasteiger partial charge in [-0.15, -0.1) is 6.42 Å². The summed E-state index contributed by atoms with van der Waals surface area (Å²) in [4.78, 5) is 30.8. The molecule has 0 aliphatic carbocycles. The van der Waals surface area contributed by atoms with Crippen molar-refractivity contribution in [3.63, 3.8) is 0 Å². The van der Waals surface area contributed by atoms with Crippen LogP contribution in [-0.4, -0.2) is 18.0 Å². The summed E-state index contributed by atoms with van der Waals surface area (Å²) in [6.45, 7) is 3.01. The van der Waals surface area contributed by atoms with Crippen LogP contribution in [0.1, 0.15) is 26.7 Å². The molecule has 2 aromatic rings. The van der Waals surface area contributed by atoms with Gasteiger partial charge in [0.25, 0.3) is 0 Å². The summed E-state index contributed by atoms with van der Waals surface area (Å²) in [7, 11) is -11.4. The van der Waals surface area contributed by atoms with Gasteiger partial charge in [0.1, 0.15) is 5.78 Å². The number of halogens is 6. The second-order valence-corrected chi connectivity index (χ2v) is 9.82. The molecule has 32 heavy (non-hydrogen) atoms. The van der Waals surface area contributed by atoms with E-state index >= 15 is 0 Å². The molecular formula is C19H21F6NO3P2Pd. The Bertz CT molecular complexity index is 803. The molecule has 0 bridgehead atoms. The third kappa shape index (κ3) is 23.0. The van der Waals surface area contributed by atoms with E-state index in [4.69, 9.17) is 0 Å². The molecule has 0 unspecified atom stereocenters. The maximum atomic E-state index is 11.3. The van der Waals surface area contributed by atoms with Crippen LogP contribution < -0.4 is 15.7 Å². The molecule has 0 saturated carbocycles. The molecule has 0 aliphatic rings. The molecule has 0 fully saturated rings. The Morgan fingerprint density at radius 2 is 1.19 bits per heavy atom. The first-order chi connectivity index (χ1) is 14.0. The zero-order valence-corrected chi connectivity index (χ0v) is 20.2. The van der Waals surface area contributed by atoms with E-state index in [0.717, 1.165) is 10.6 Å². The van der Waals surface area contributed by atoms with Crippen LogP contribution in [0.25, 0.3) is 0 Å². The molecule has 182 valence electrons. The Balaban J connectivity index is 0. The number of hydrogen-bond donors (Lipinski definition) is 1. The van der Waals surface area contributed by atoms with Crippen LogP contribution in [0.5, 0.6) is 0 Å². The number of rotatable bonds is 6. The molecule has 0 aliphatic heterocycles. The second kappa shape index (κ2) is 13.2. The van der Waals surface area contributed by atoms with Gasteiger partial charge < -0.3 is 14.7 Å². The Morgan fingerprint density at radius 1 is 0.844 bits per heavy atom. The second-order valence-electron chi connectivity index (χ2n) is 5.98. The van der Waals surface area contributed by atoms with Gasteiger partial charge in [0.2, 0.25) is 5.91 Å². The summed E-state index contributed by atoms with van der Waals surface area (Å²) in [6.07, 6.45) is 2.21. The Hall–Kier alpha value is -1.65. The first-order valence-electron chi connectivity index (χ1n) is 8.58. The minimum atomic E-state index is -10.7. The Morgan fingerprint density at radius 3 is 1.41 bits per heavy atom. The fraction of sp³-hybridized carbons (Fsp3) is 0.211. The molecule has 4 nitrogen and oxygen atoms in total. The van der Waals surface area contributed by atoms with E-state index in [0.29, 0.717) is 6.42 Å². The van der Waals surface area contributed by atoms with Crippen LogP contribution in [0.3, 0.4) is 0 Å². The summed E-state index contributed by atoms with van der Waals surface area (Å²) in [6, 6.07) is 20.1. The van der Waals surface area contributed by atoms with Gasteiger partial charge in [-0.25, -0.2) is 0 Å². The molecule has 0 atom stereocenters. The van der Waals surface area contributed by atoms with E-state index in [1.165, 1.54) is 6.92 Å². The summed E-state index contributed by atoms with van der Waals surface area (Å²) in [5.74, 6) is 0.0483. The van der Waals surface area contributed by atoms with Crippen LogP contribution in [0, 0.1) is 0 Å². The molecule has 0 spiro atoms. The van der Waals surface area contributed by atoms with Crippen LogP contribution in [0.4, 0.5) is 25.2 Å². The normalized spacial score (nSPS) is 12.3. The number of nitrogens with one attached hydrogen (secondary N) is 1. The van der Waals surface area contributed by atoms with Crippen molar-refractivity contribution in [1.29, 1.82) is 0 Å². The van der Waals surface area contributed by atoms with E-state index < -0.39 is 15.9 Å². The summed E-state index contributed by atoms with van der Waals surface area (Å²) in [5, 5.41) is 5.35. The van der Waals surface area contributed by atoms with E-state index in [9.17, 15) is 39.6 Å². The molecule has 1 N–H and O–H groups in total. The molecule has 2 rings (SSSR count). The quantitative estimate of drug-likeness (QED) is 0.193. The van der Waals surface area contributed by atoms with Crippen LogP contribution in [0.2, 0.25) is 0 Å². The van der Waals surface area contributed by atoms with Gasteiger partial charge in [0.15, 0.2) is 0 Å². The van der Waals surface area contributed by atoms with Gasteiger partial charge in [-0.2, -0.15) is 0 Å². The van der Waals surface area contributed by atoms with Crippen molar-refractivity contribution in [2.45, 2.75) is 26.7 Å². The SMILES string of the molecule is CC(=O)CC[C-]=O.CC(=O)NP(c1ccccc1)c1ccccc1.F[P-](F)(F)(F)(F)F.[Pd+2]. The van der Waals surface area contributed by atoms with Crippen LogP contribution >= 0.6 is 15.9 Å².